The minimum atomic E-state index is -1.07. The van der Waals surface area contributed by atoms with Gasteiger partial charge in [-0.25, -0.2) is 19.0 Å². The fraction of sp³-hybridized carbons (Fsp3) is 0.240. The van der Waals surface area contributed by atoms with E-state index in [1.165, 1.54) is 4.57 Å². The Bertz CT molecular complexity index is 1590. The molecule has 4 heterocycles. The summed E-state index contributed by atoms with van der Waals surface area (Å²) in [5.74, 6) is 1.16. The monoisotopic (exact) mass is 486 g/mol. The first-order valence-corrected chi connectivity index (χ1v) is 11.3. The summed E-state index contributed by atoms with van der Waals surface area (Å²) in [6, 6.07) is 7.44. The molecule has 0 aliphatic heterocycles. The molecule has 0 bridgehead atoms. The van der Waals surface area contributed by atoms with E-state index < -0.39 is 6.09 Å². The third-order valence-electron chi connectivity index (χ3n) is 6.11. The van der Waals surface area contributed by atoms with Crippen LogP contribution in [0.15, 0.2) is 49.1 Å². The van der Waals surface area contributed by atoms with Crippen molar-refractivity contribution < 1.29 is 14.6 Å². The number of aryl methyl sites for hydroxylation is 2. The highest BCUT2D eigenvalue weighted by Crippen LogP contribution is 2.39. The normalized spacial score (nSPS) is 11.4. The van der Waals surface area contributed by atoms with Crippen LogP contribution >= 0.6 is 0 Å². The van der Waals surface area contributed by atoms with Crippen LogP contribution in [0.5, 0.6) is 5.75 Å². The zero-order valence-corrected chi connectivity index (χ0v) is 20.6. The number of aromatic nitrogens is 7. The Morgan fingerprint density at radius 2 is 1.92 bits per heavy atom. The maximum atomic E-state index is 12.5. The number of carbonyl (C=O) groups is 1. The van der Waals surface area contributed by atoms with Crippen LogP contribution < -0.4 is 10.1 Å². The van der Waals surface area contributed by atoms with Gasteiger partial charge in [-0.05, 0) is 23.6 Å². The number of fused-ring (bicyclic) bond motifs is 1. The molecule has 5 aromatic rings. The van der Waals surface area contributed by atoms with Crippen molar-refractivity contribution in [3.8, 4) is 28.3 Å². The van der Waals surface area contributed by atoms with Gasteiger partial charge in [0.15, 0.2) is 0 Å². The van der Waals surface area contributed by atoms with E-state index in [0.29, 0.717) is 28.5 Å². The molecule has 2 N–H and O–H groups in total. The molecule has 0 aliphatic carbocycles. The molecule has 0 saturated carbocycles. The average molecular weight is 487 g/mol. The number of anilines is 2. The highest BCUT2D eigenvalue weighted by molar-refractivity contribution is 6.00. The molecule has 0 atom stereocenters. The molecule has 4 aromatic heterocycles. The Hall–Kier alpha value is -4.67. The Morgan fingerprint density at radius 3 is 2.53 bits per heavy atom. The maximum absolute atomic E-state index is 12.5. The fourth-order valence-corrected chi connectivity index (χ4v) is 4.53. The van der Waals surface area contributed by atoms with Crippen LogP contribution in [0.1, 0.15) is 25.3 Å². The summed E-state index contributed by atoms with van der Waals surface area (Å²) in [6.45, 7) is 4.08. The standard InChI is InChI=1S/C25H26N8O3/c1-14(2)23-17-11-26-22(9-19(17)33(25(34)35)24(23)16-10-28-31(3)13-16)29-18-7-6-15(8-21(18)36-5)20-12-27-30-32(20)4/h6-14H,1-5H3,(H,26,29)(H,34,35). The van der Waals surface area contributed by atoms with E-state index in [1.807, 2.05) is 45.3 Å². The minimum Gasteiger partial charge on any atom is -0.495 e. The Balaban J connectivity index is 1.61. The van der Waals surface area contributed by atoms with E-state index in [-0.39, 0.29) is 5.92 Å². The molecule has 11 nitrogen and oxygen atoms in total. The molecule has 184 valence electrons. The summed E-state index contributed by atoms with van der Waals surface area (Å²) in [6.07, 6.45) is 5.82. The molecule has 0 aliphatic rings. The van der Waals surface area contributed by atoms with Crippen LogP contribution in [0.2, 0.25) is 0 Å². The summed E-state index contributed by atoms with van der Waals surface area (Å²) in [5, 5.41) is 26.4. The van der Waals surface area contributed by atoms with E-state index >= 15 is 0 Å². The van der Waals surface area contributed by atoms with Gasteiger partial charge in [0.2, 0.25) is 0 Å². The number of benzene rings is 1. The quantitative estimate of drug-likeness (QED) is 0.356. The van der Waals surface area contributed by atoms with Crippen molar-refractivity contribution >= 4 is 28.5 Å². The molecule has 5 rings (SSSR count). The highest BCUT2D eigenvalue weighted by Gasteiger charge is 2.25. The van der Waals surface area contributed by atoms with E-state index in [9.17, 15) is 9.90 Å². The fourth-order valence-electron chi connectivity index (χ4n) is 4.53. The zero-order valence-electron chi connectivity index (χ0n) is 20.6. The van der Waals surface area contributed by atoms with E-state index in [4.69, 9.17) is 4.74 Å². The second kappa shape index (κ2) is 8.84. The average Bonchev–Trinajstić information content (AvgIpc) is 3.55. The van der Waals surface area contributed by atoms with Gasteiger partial charge < -0.3 is 15.2 Å². The van der Waals surface area contributed by atoms with Gasteiger partial charge in [0.05, 0.1) is 42.1 Å². The van der Waals surface area contributed by atoms with E-state index in [2.05, 4.69) is 25.7 Å². The van der Waals surface area contributed by atoms with Crippen LogP contribution in [-0.2, 0) is 14.1 Å². The molecule has 0 saturated heterocycles. The molecular formula is C25H26N8O3. The Morgan fingerprint density at radius 1 is 1.11 bits per heavy atom. The smallest absolute Gasteiger partial charge is 0.416 e. The van der Waals surface area contributed by atoms with Crippen molar-refractivity contribution in [2.24, 2.45) is 14.1 Å². The number of nitrogens with zero attached hydrogens (tertiary/aromatic N) is 7. The first kappa shape index (κ1) is 23.1. The second-order valence-corrected chi connectivity index (χ2v) is 8.81. The van der Waals surface area contributed by atoms with Gasteiger partial charge in [-0.3, -0.25) is 4.68 Å². The number of carboxylic acid groups (broad SMARTS) is 1. The van der Waals surface area contributed by atoms with Crippen molar-refractivity contribution in [1.82, 2.24) is 34.3 Å². The molecule has 11 heteroatoms. The number of methoxy groups -OCH3 is 1. The minimum absolute atomic E-state index is 0.0676. The van der Waals surface area contributed by atoms with Gasteiger partial charge in [0.25, 0.3) is 0 Å². The number of ether oxygens (including phenoxy) is 1. The van der Waals surface area contributed by atoms with Crippen LogP contribution in [0.4, 0.5) is 16.3 Å². The lowest BCUT2D eigenvalue weighted by Crippen LogP contribution is -2.10. The lowest BCUT2D eigenvalue weighted by atomic mass is 9.98. The van der Waals surface area contributed by atoms with Gasteiger partial charge in [-0.15, -0.1) is 5.10 Å². The van der Waals surface area contributed by atoms with Crippen molar-refractivity contribution in [2.75, 3.05) is 12.4 Å². The molecule has 0 amide bonds. The summed E-state index contributed by atoms with van der Waals surface area (Å²) >= 11 is 0. The van der Waals surface area contributed by atoms with Crippen LogP contribution in [-0.4, -0.2) is 52.6 Å². The summed E-state index contributed by atoms with van der Waals surface area (Å²) in [7, 11) is 5.22. The lowest BCUT2D eigenvalue weighted by molar-refractivity contribution is 0.198. The van der Waals surface area contributed by atoms with Crippen molar-refractivity contribution in [1.29, 1.82) is 0 Å². The molecule has 0 spiro atoms. The number of hydrogen-bond acceptors (Lipinski definition) is 7. The number of hydrogen-bond donors (Lipinski definition) is 2. The molecule has 0 unspecified atom stereocenters. The van der Waals surface area contributed by atoms with Crippen molar-refractivity contribution in [3.63, 3.8) is 0 Å². The van der Waals surface area contributed by atoms with Crippen molar-refractivity contribution in [3.05, 3.63) is 54.6 Å². The summed E-state index contributed by atoms with van der Waals surface area (Å²) in [4.78, 5) is 17.1. The van der Waals surface area contributed by atoms with Crippen molar-refractivity contribution in [2.45, 2.75) is 19.8 Å². The van der Waals surface area contributed by atoms with Gasteiger partial charge in [0.1, 0.15) is 11.6 Å². The molecule has 0 radical (unpaired) electrons. The lowest BCUT2D eigenvalue weighted by Gasteiger charge is -2.13. The number of pyridine rings is 1. The SMILES string of the molecule is COc1cc(-c2cnnn2C)ccc1Nc1cc2c(cn1)c(C(C)C)c(-c1cnn(C)c1)n2C(=O)O. The zero-order chi connectivity index (χ0) is 25.6. The van der Waals surface area contributed by atoms with E-state index in [0.717, 1.165) is 27.8 Å². The second-order valence-electron chi connectivity index (χ2n) is 8.81. The first-order valence-electron chi connectivity index (χ1n) is 11.3. The van der Waals surface area contributed by atoms with E-state index in [1.54, 1.807) is 48.2 Å². The predicted molar refractivity (Wildman–Crippen MR) is 136 cm³/mol. The third-order valence-corrected chi connectivity index (χ3v) is 6.11. The van der Waals surface area contributed by atoms with Crippen LogP contribution in [0, 0.1) is 0 Å². The maximum Gasteiger partial charge on any atom is 0.416 e. The van der Waals surface area contributed by atoms with Crippen LogP contribution in [0.25, 0.3) is 33.4 Å². The summed E-state index contributed by atoms with van der Waals surface area (Å²) in [5.41, 5.74) is 5.22. The molecule has 1 aromatic carbocycles. The summed E-state index contributed by atoms with van der Waals surface area (Å²) < 4.78 is 10.3. The molecular weight excluding hydrogens is 460 g/mol. The Kier molecular flexibility index (Phi) is 5.67. The van der Waals surface area contributed by atoms with Gasteiger partial charge in [-0.2, -0.15) is 5.10 Å². The first-order chi connectivity index (χ1) is 17.3. The van der Waals surface area contributed by atoms with Gasteiger partial charge in [0, 0.05) is 49.1 Å². The van der Waals surface area contributed by atoms with Crippen LogP contribution in [0.3, 0.4) is 0 Å². The Labute approximate surface area is 206 Å². The number of rotatable bonds is 6. The van der Waals surface area contributed by atoms with Gasteiger partial charge in [-0.1, -0.05) is 25.1 Å². The molecule has 36 heavy (non-hydrogen) atoms. The highest BCUT2D eigenvalue weighted by atomic mass is 16.5. The molecule has 0 fully saturated rings. The van der Waals surface area contributed by atoms with Gasteiger partial charge >= 0.3 is 6.09 Å². The topological polar surface area (TPSA) is 125 Å². The third kappa shape index (κ3) is 3.84. The predicted octanol–water partition coefficient (Wildman–Crippen LogP) is 4.63. The number of nitrogens with one attached hydrogen (secondary N) is 1. The largest absolute Gasteiger partial charge is 0.495 e.